The van der Waals surface area contributed by atoms with Crippen LogP contribution in [0.3, 0.4) is 0 Å². The van der Waals surface area contributed by atoms with Gasteiger partial charge in [0.15, 0.2) is 0 Å². The second-order valence-corrected chi connectivity index (χ2v) is 5.23. The number of hydrogen-bond donors (Lipinski definition) is 1. The summed E-state index contributed by atoms with van der Waals surface area (Å²) in [5.41, 5.74) is 2.22. The first-order valence-electron chi connectivity index (χ1n) is 6.34. The molecule has 1 N–H and O–H groups in total. The Morgan fingerprint density at radius 1 is 0.947 bits per heavy atom. The predicted octanol–water partition coefficient (Wildman–Crippen LogP) is 3.34. The molecule has 19 heavy (non-hydrogen) atoms. The van der Waals surface area contributed by atoms with Crippen molar-refractivity contribution in [2.24, 2.45) is 0 Å². The van der Waals surface area contributed by atoms with Crippen molar-refractivity contribution < 1.29 is 4.79 Å². The Hall–Kier alpha value is -1.80. The van der Waals surface area contributed by atoms with E-state index in [-0.39, 0.29) is 17.7 Å². The van der Waals surface area contributed by atoms with Gasteiger partial charge < -0.3 is 5.32 Å². The molecule has 2 aromatic rings. The van der Waals surface area contributed by atoms with E-state index < -0.39 is 0 Å². The van der Waals surface area contributed by atoms with E-state index in [0.717, 1.165) is 5.56 Å². The van der Waals surface area contributed by atoms with Crippen LogP contribution in [0.5, 0.6) is 0 Å². The number of carbonyl (C=O) groups excluding carboxylic acids is 1. The van der Waals surface area contributed by atoms with E-state index in [1.807, 2.05) is 42.5 Å². The first kappa shape index (κ1) is 12.2. The zero-order valence-electron chi connectivity index (χ0n) is 10.3. The smallest absolute Gasteiger partial charge is 0.228 e. The molecule has 0 unspecified atom stereocenters. The Morgan fingerprint density at radius 3 is 2.32 bits per heavy atom. The molecular weight excluding hydrogens is 258 g/mol. The molecule has 1 fully saturated rings. The Kier molecular flexibility index (Phi) is 3.26. The second-order valence-electron chi connectivity index (χ2n) is 4.79. The summed E-state index contributed by atoms with van der Waals surface area (Å²) in [6.07, 6.45) is 0. The fraction of sp³-hybridized carbons (Fsp3) is 0.188. The van der Waals surface area contributed by atoms with Crippen molar-refractivity contribution in [2.45, 2.75) is 11.8 Å². The quantitative estimate of drug-likeness (QED) is 0.892. The lowest BCUT2D eigenvalue weighted by molar-refractivity contribution is -0.120. The van der Waals surface area contributed by atoms with Crippen molar-refractivity contribution in [2.75, 3.05) is 6.54 Å². The number of benzene rings is 2. The molecule has 1 amide bonds. The first-order valence-corrected chi connectivity index (χ1v) is 6.71. The van der Waals surface area contributed by atoms with Crippen molar-refractivity contribution in [1.29, 1.82) is 0 Å². The summed E-state index contributed by atoms with van der Waals surface area (Å²) < 4.78 is 0. The van der Waals surface area contributed by atoms with E-state index in [2.05, 4.69) is 17.4 Å². The highest BCUT2D eigenvalue weighted by molar-refractivity contribution is 6.30. The molecule has 1 saturated heterocycles. The van der Waals surface area contributed by atoms with Crippen LogP contribution in [0.2, 0.25) is 5.02 Å². The summed E-state index contributed by atoms with van der Waals surface area (Å²) in [4.78, 5) is 12.1. The fourth-order valence-electron chi connectivity index (χ4n) is 2.69. The molecule has 1 aliphatic rings. The third kappa shape index (κ3) is 2.36. The molecule has 3 rings (SSSR count). The normalized spacial score (nSPS) is 22.3. The van der Waals surface area contributed by atoms with Gasteiger partial charge in [-0.1, -0.05) is 54.1 Å². The van der Waals surface area contributed by atoms with Gasteiger partial charge in [0.2, 0.25) is 5.91 Å². The van der Waals surface area contributed by atoms with E-state index in [1.54, 1.807) is 0 Å². The summed E-state index contributed by atoms with van der Waals surface area (Å²) in [5, 5.41) is 3.65. The van der Waals surface area contributed by atoms with Crippen molar-refractivity contribution in [3.8, 4) is 0 Å². The van der Waals surface area contributed by atoms with Crippen LogP contribution < -0.4 is 5.32 Å². The maximum Gasteiger partial charge on any atom is 0.228 e. The Balaban J connectivity index is 1.97. The molecule has 1 aliphatic heterocycles. The molecule has 2 nitrogen and oxygen atoms in total. The van der Waals surface area contributed by atoms with Crippen LogP contribution in [0.25, 0.3) is 0 Å². The molecule has 3 heteroatoms. The van der Waals surface area contributed by atoms with Crippen LogP contribution >= 0.6 is 11.6 Å². The minimum atomic E-state index is -0.125. The number of rotatable bonds is 2. The zero-order valence-corrected chi connectivity index (χ0v) is 11.1. The number of amides is 1. The van der Waals surface area contributed by atoms with E-state index in [1.165, 1.54) is 5.56 Å². The van der Waals surface area contributed by atoms with Crippen LogP contribution in [0, 0.1) is 0 Å². The molecule has 2 aromatic carbocycles. The highest BCUT2D eigenvalue weighted by Crippen LogP contribution is 2.36. The average molecular weight is 272 g/mol. The van der Waals surface area contributed by atoms with Gasteiger partial charge in [0.1, 0.15) is 0 Å². The maximum atomic E-state index is 12.1. The first-order chi connectivity index (χ1) is 9.25. The highest BCUT2D eigenvalue weighted by atomic mass is 35.5. The van der Waals surface area contributed by atoms with E-state index in [0.29, 0.717) is 11.6 Å². The minimum Gasteiger partial charge on any atom is -0.355 e. The molecule has 2 atom stereocenters. The minimum absolute atomic E-state index is 0.0937. The lowest BCUT2D eigenvalue weighted by Crippen LogP contribution is -2.18. The van der Waals surface area contributed by atoms with Gasteiger partial charge >= 0.3 is 0 Å². The Labute approximate surface area is 117 Å². The van der Waals surface area contributed by atoms with Crippen LogP contribution in [0.15, 0.2) is 54.6 Å². The second kappa shape index (κ2) is 5.06. The number of hydrogen-bond acceptors (Lipinski definition) is 1. The van der Waals surface area contributed by atoms with E-state index in [9.17, 15) is 4.79 Å². The lowest BCUT2D eigenvalue weighted by atomic mass is 9.84. The van der Waals surface area contributed by atoms with Gasteiger partial charge in [-0.05, 0) is 23.3 Å². The summed E-state index contributed by atoms with van der Waals surface area (Å²) in [7, 11) is 0. The summed E-state index contributed by atoms with van der Waals surface area (Å²) in [6.45, 7) is 0.691. The van der Waals surface area contributed by atoms with Gasteiger partial charge in [-0.2, -0.15) is 0 Å². The average Bonchev–Trinajstić information content (AvgIpc) is 2.83. The molecule has 0 saturated carbocycles. The number of nitrogens with one attached hydrogen (secondary N) is 1. The van der Waals surface area contributed by atoms with E-state index in [4.69, 9.17) is 11.6 Å². The molecular formula is C16H14ClNO. The highest BCUT2D eigenvalue weighted by Gasteiger charge is 2.36. The molecule has 0 aromatic heterocycles. The van der Waals surface area contributed by atoms with Crippen molar-refractivity contribution in [1.82, 2.24) is 5.32 Å². The predicted molar refractivity (Wildman–Crippen MR) is 76.4 cm³/mol. The van der Waals surface area contributed by atoms with Gasteiger partial charge in [0, 0.05) is 17.5 Å². The number of halogens is 1. The van der Waals surface area contributed by atoms with Gasteiger partial charge in [-0.15, -0.1) is 0 Å². The third-order valence-electron chi connectivity index (χ3n) is 3.64. The van der Waals surface area contributed by atoms with Gasteiger partial charge in [0.05, 0.1) is 5.92 Å². The van der Waals surface area contributed by atoms with E-state index >= 15 is 0 Å². The van der Waals surface area contributed by atoms with Gasteiger partial charge in [-0.25, -0.2) is 0 Å². The lowest BCUT2D eigenvalue weighted by Gasteiger charge is -2.17. The molecule has 0 radical (unpaired) electrons. The van der Waals surface area contributed by atoms with Crippen LogP contribution in [0.4, 0.5) is 0 Å². The van der Waals surface area contributed by atoms with Crippen molar-refractivity contribution in [3.05, 3.63) is 70.7 Å². The maximum absolute atomic E-state index is 12.1. The summed E-state index contributed by atoms with van der Waals surface area (Å²) >= 11 is 5.91. The van der Waals surface area contributed by atoms with Crippen LogP contribution in [-0.2, 0) is 4.79 Å². The van der Waals surface area contributed by atoms with Gasteiger partial charge in [0.25, 0.3) is 0 Å². The van der Waals surface area contributed by atoms with Crippen molar-refractivity contribution >= 4 is 17.5 Å². The topological polar surface area (TPSA) is 29.1 Å². The summed E-state index contributed by atoms with van der Waals surface area (Å²) in [6, 6.07) is 17.7. The Bertz CT molecular complexity index is 579. The van der Waals surface area contributed by atoms with Gasteiger partial charge in [-0.3, -0.25) is 4.79 Å². The van der Waals surface area contributed by atoms with Crippen molar-refractivity contribution in [3.63, 3.8) is 0 Å². The molecule has 0 aliphatic carbocycles. The molecule has 0 bridgehead atoms. The van der Waals surface area contributed by atoms with Crippen LogP contribution in [-0.4, -0.2) is 12.5 Å². The monoisotopic (exact) mass is 271 g/mol. The third-order valence-corrected chi connectivity index (χ3v) is 3.89. The van der Waals surface area contributed by atoms with Crippen LogP contribution in [0.1, 0.15) is 23.0 Å². The standard InChI is InChI=1S/C16H14ClNO/c17-13-8-6-12(7-9-13)15-14(10-18-16(15)19)11-4-2-1-3-5-11/h1-9,14-15H,10H2,(H,18,19)/t14-,15-/m0/s1. The Morgan fingerprint density at radius 2 is 1.63 bits per heavy atom. The number of carbonyl (C=O) groups is 1. The summed E-state index contributed by atoms with van der Waals surface area (Å²) in [5.74, 6) is 0.158. The molecule has 1 heterocycles. The molecule has 0 spiro atoms. The largest absolute Gasteiger partial charge is 0.355 e. The fourth-order valence-corrected chi connectivity index (χ4v) is 2.81. The zero-order chi connectivity index (χ0) is 13.2. The SMILES string of the molecule is O=C1NC[C@@H](c2ccccc2)[C@@H]1c1ccc(Cl)cc1. The molecule has 96 valence electrons.